The van der Waals surface area contributed by atoms with Crippen LogP contribution in [0.3, 0.4) is 0 Å². The second kappa shape index (κ2) is 20.2. The fourth-order valence-corrected chi connectivity index (χ4v) is 4.14. The Morgan fingerprint density at radius 2 is 1.35 bits per heavy atom. The van der Waals surface area contributed by atoms with Gasteiger partial charge in [0.15, 0.2) is 0 Å². The molecule has 1 rings (SSSR count). The molecule has 184 valence electrons. The van der Waals surface area contributed by atoms with Gasteiger partial charge in [-0.15, -0.1) is 0 Å². The molecule has 0 radical (unpaired) electrons. The average molecular weight is 443 g/mol. The van der Waals surface area contributed by atoms with Gasteiger partial charge < -0.3 is 24.8 Å². The lowest BCUT2D eigenvalue weighted by Crippen LogP contribution is -2.41. The third-order valence-corrected chi connectivity index (χ3v) is 6.22. The fraction of sp³-hybridized carbons (Fsp3) is 0.923. The highest BCUT2D eigenvalue weighted by Crippen LogP contribution is 2.20. The van der Waals surface area contributed by atoms with E-state index < -0.39 is 31.0 Å². The number of hydrogen-bond donors (Lipinski definition) is 3. The minimum Gasteiger partial charge on any atom is -0.394 e. The van der Waals surface area contributed by atoms with E-state index in [-0.39, 0.29) is 6.61 Å². The number of rotatable bonds is 21. The van der Waals surface area contributed by atoms with E-state index in [1.54, 1.807) is 0 Å². The van der Waals surface area contributed by atoms with Crippen molar-refractivity contribution in [1.82, 2.24) is 0 Å². The quantitative estimate of drug-likeness (QED) is 0.166. The van der Waals surface area contributed by atoms with Crippen molar-refractivity contribution in [3.05, 3.63) is 12.2 Å². The molecule has 1 fully saturated rings. The highest BCUT2D eigenvalue weighted by atomic mass is 16.6. The SMILES string of the molecule is CCCCCCCCC/C=C/CCCCCCCCCO[C@H]1CO[C@H]([C@H](O)CO)[C@@H]1O. The summed E-state index contributed by atoms with van der Waals surface area (Å²) in [6.45, 7) is 2.74. The normalized spacial score (nSPS) is 22.5. The highest BCUT2D eigenvalue weighted by Gasteiger charge is 2.40. The van der Waals surface area contributed by atoms with Crippen molar-refractivity contribution in [1.29, 1.82) is 0 Å². The van der Waals surface area contributed by atoms with E-state index in [1.807, 2.05) is 0 Å². The average Bonchev–Trinajstić information content (AvgIpc) is 3.15. The Balaban J connectivity index is 1.80. The van der Waals surface area contributed by atoms with E-state index in [0.29, 0.717) is 6.61 Å². The minimum atomic E-state index is -1.05. The molecule has 0 bridgehead atoms. The van der Waals surface area contributed by atoms with Crippen molar-refractivity contribution < 1.29 is 24.8 Å². The Hall–Kier alpha value is -0.460. The second-order valence-electron chi connectivity index (χ2n) is 9.09. The molecule has 1 heterocycles. The van der Waals surface area contributed by atoms with Gasteiger partial charge in [0.25, 0.3) is 0 Å². The van der Waals surface area contributed by atoms with Gasteiger partial charge in [0.1, 0.15) is 24.4 Å². The van der Waals surface area contributed by atoms with Crippen LogP contribution in [0, 0.1) is 0 Å². The second-order valence-corrected chi connectivity index (χ2v) is 9.09. The van der Waals surface area contributed by atoms with E-state index in [0.717, 1.165) is 12.8 Å². The number of aliphatic hydroxyl groups excluding tert-OH is 3. The number of aliphatic hydroxyl groups is 3. The summed E-state index contributed by atoms with van der Waals surface area (Å²) in [6.07, 6.45) is 22.4. The van der Waals surface area contributed by atoms with Crippen LogP contribution in [0.15, 0.2) is 12.2 Å². The third kappa shape index (κ3) is 14.3. The zero-order valence-electron chi connectivity index (χ0n) is 20.1. The molecule has 0 amide bonds. The molecule has 31 heavy (non-hydrogen) atoms. The van der Waals surface area contributed by atoms with Crippen molar-refractivity contribution >= 4 is 0 Å². The first-order valence-electron chi connectivity index (χ1n) is 13.1. The molecule has 0 saturated carbocycles. The predicted molar refractivity (Wildman–Crippen MR) is 127 cm³/mol. The van der Waals surface area contributed by atoms with Crippen LogP contribution >= 0.6 is 0 Å². The van der Waals surface area contributed by atoms with Gasteiger partial charge in [0.05, 0.1) is 13.2 Å². The van der Waals surface area contributed by atoms with Crippen LogP contribution in [0.2, 0.25) is 0 Å². The molecule has 0 aliphatic carbocycles. The number of allylic oxidation sites excluding steroid dienone is 2. The summed E-state index contributed by atoms with van der Waals surface area (Å²) < 4.78 is 11.0. The van der Waals surface area contributed by atoms with Crippen LogP contribution in [0.1, 0.15) is 110 Å². The lowest BCUT2D eigenvalue weighted by atomic mass is 10.1. The van der Waals surface area contributed by atoms with Crippen LogP contribution in [-0.4, -0.2) is 59.6 Å². The van der Waals surface area contributed by atoms with Crippen LogP contribution in [0.5, 0.6) is 0 Å². The Morgan fingerprint density at radius 1 is 0.839 bits per heavy atom. The Bertz CT molecular complexity index is 415. The van der Waals surface area contributed by atoms with Crippen molar-refractivity contribution in [2.75, 3.05) is 19.8 Å². The van der Waals surface area contributed by atoms with E-state index in [9.17, 15) is 10.2 Å². The molecule has 0 unspecified atom stereocenters. The molecule has 5 nitrogen and oxygen atoms in total. The van der Waals surface area contributed by atoms with Crippen molar-refractivity contribution in [2.45, 2.75) is 134 Å². The number of unbranched alkanes of at least 4 members (excludes halogenated alkanes) is 14. The summed E-state index contributed by atoms with van der Waals surface area (Å²) >= 11 is 0. The van der Waals surface area contributed by atoms with E-state index in [4.69, 9.17) is 14.6 Å². The smallest absolute Gasteiger partial charge is 0.114 e. The minimum absolute atomic E-state index is 0.274. The molecule has 1 saturated heterocycles. The summed E-state index contributed by atoms with van der Waals surface area (Å²) in [5.41, 5.74) is 0. The lowest BCUT2D eigenvalue weighted by molar-refractivity contribution is -0.0730. The monoisotopic (exact) mass is 442 g/mol. The van der Waals surface area contributed by atoms with Gasteiger partial charge in [-0.05, 0) is 32.1 Å². The number of hydrogen-bond acceptors (Lipinski definition) is 5. The molecule has 3 N–H and O–H groups in total. The predicted octanol–water partition coefficient (Wildman–Crippen LogP) is 5.30. The summed E-state index contributed by atoms with van der Waals surface area (Å²) in [6, 6.07) is 0. The fourth-order valence-electron chi connectivity index (χ4n) is 4.14. The van der Waals surface area contributed by atoms with Crippen LogP contribution in [0.25, 0.3) is 0 Å². The Kier molecular flexibility index (Phi) is 18.6. The molecule has 1 aliphatic rings. The van der Waals surface area contributed by atoms with Gasteiger partial charge in [-0.1, -0.05) is 89.7 Å². The molecule has 0 aromatic heterocycles. The van der Waals surface area contributed by atoms with Crippen molar-refractivity contribution in [3.63, 3.8) is 0 Å². The molecule has 0 spiro atoms. The first kappa shape index (κ1) is 28.6. The highest BCUT2D eigenvalue weighted by molar-refractivity contribution is 4.88. The largest absolute Gasteiger partial charge is 0.394 e. The molecular weight excluding hydrogens is 392 g/mol. The summed E-state index contributed by atoms with van der Waals surface area (Å²) in [4.78, 5) is 0. The third-order valence-electron chi connectivity index (χ3n) is 6.22. The van der Waals surface area contributed by atoms with Crippen molar-refractivity contribution in [3.8, 4) is 0 Å². The Labute approximate surface area is 191 Å². The standard InChI is InChI=1S/C26H50O5/c1-2-3-4-5-6-7-8-9-10-11-12-13-14-15-16-17-18-19-20-30-24-22-31-26(25(24)29)23(28)21-27/h10-11,23-29H,2-9,12-22H2,1H3/b11-10+/t23-,24+,25-,26-/m1/s1. The zero-order chi connectivity index (χ0) is 22.6. The molecule has 5 heteroatoms. The first-order valence-corrected chi connectivity index (χ1v) is 13.1. The maximum absolute atomic E-state index is 10.1. The van der Waals surface area contributed by atoms with Gasteiger partial charge in [-0.25, -0.2) is 0 Å². The maximum Gasteiger partial charge on any atom is 0.114 e. The molecule has 1 aliphatic heterocycles. The van der Waals surface area contributed by atoms with Gasteiger partial charge >= 0.3 is 0 Å². The molecular formula is C26H50O5. The van der Waals surface area contributed by atoms with Crippen molar-refractivity contribution in [2.24, 2.45) is 0 Å². The maximum atomic E-state index is 10.1. The topological polar surface area (TPSA) is 79.2 Å². The molecule has 4 atom stereocenters. The van der Waals surface area contributed by atoms with Gasteiger partial charge in [-0.2, -0.15) is 0 Å². The molecule has 0 aromatic rings. The molecule has 0 aromatic carbocycles. The summed E-state index contributed by atoms with van der Waals surface area (Å²) in [5.74, 6) is 0. The van der Waals surface area contributed by atoms with Gasteiger partial charge in [-0.3, -0.25) is 0 Å². The zero-order valence-corrected chi connectivity index (χ0v) is 20.1. The van der Waals surface area contributed by atoms with Crippen LogP contribution in [-0.2, 0) is 9.47 Å². The lowest BCUT2D eigenvalue weighted by Gasteiger charge is -2.20. The van der Waals surface area contributed by atoms with E-state index >= 15 is 0 Å². The van der Waals surface area contributed by atoms with Crippen LogP contribution in [0.4, 0.5) is 0 Å². The van der Waals surface area contributed by atoms with E-state index in [1.165, 1.54) is 89.9 Å². The van der Waals surface area contributed by atoms with Crippen LogP contribution < -0.4 is 0 Å². The first-order chi connectivity index (χ1) is 15.2. The van der Waals surface area contributed by atoms with Gasteiger partial charge in [0, 0.05) is 6.61 Å². The number of ether oxygens (including phenoxy) is 2. The van der Waals surface area contributed by atoms with E-state index in [2.05, 4.69) is 19.1 Å². The summed E-state index contributed by atoms with van der Waals surface area (Å²) in [7, 11) is 0. The van der Waals surface area contributed by atoms with Gasteiger partial charge in [0.2, 0.25) is 0 Å². The Morgan fingerprint density at radius 3 is 1.90 bits per heavy atom. The summed E-state index contributed by atoms with van der Waals surface area (Å²) in [5, 5.41) is 28.6.